The molecule has 39 heavy (non-hydrogen) atoms. The third-order valence-corrected chi connectivity index (χ3v) is 7.91. The lowest BCUT2D eigenvalue weighted by Gasteiger charge is -2.34. The maximum absolute atomic E-state index is 13.0. The smallest absolute Gasteiger partial charge is 0.416 e. The molecule has 0 atom stereocenters. The van der Waals surface area contributed by atoms with Gasteiger partial charge in [-0.3, -0.25) is 9.69 Å². The Morgan fingerprint density at radius 2 is 1.77 bits per heavy atom. The van der Waals surface area contributed by atoms with E-state index in [1.54, 1.807) is 18.2 Å². The maximum atomic E-state index is 13.0. The Morgan fingerprint density at radius 3 is 2.59 bits per heavy atom. The number of carbonyl (C=O) groups is 1. The number of hydrogen-bond donors (Lipinski definition) is 1. The summed E-state index contributed by atoms with van der Waals surface area (Å²) in [5.74, 6) is 1.24. The predicted molar refractivity (Wildman–Crippen MR) is 142 cm³/mol. The molecule has 0 spiro atoms. The number of thiazole rings is 1. The minimum absolute atomic E-state index is 0.00523. The fourth-order valence-electron chi connectivity index (χ4n) is 4.73. The van der Waals surface area contributed by atoms with Gasteiger partial charge in [0.05, 0.1) is 15.8 Å². The van der Waals surface area contributed by atoms with Crippen molar-refractivity contribution in [3.05, 3.63) is 82.9 Å². The summed E-state index contributed by atoms with van der Waals surface area (Å²) in [5.41, 5.74) is 2.09. The average Bonchev–Trinajstić information content (AvgIpc) is 3.58. The number of carbonyl (C=O) groups excluding carboxylic acids is 1. The largest absolute Gasteiger partial charge is 0.454 e. The Morgan fingerprint density at radius 1 is 0.949 bits per heavy atom. The van der Waals surface area contributed by atoms with Crippen LogP contribution in [0.4, 0.5) is 18.3 Å². The Kier molecular flexibility index (Phi) is 6.78. The van der Waals surface area contributed by atoms with E-state index in [0.29, 0.717) is 11.1 Å². The lowest BCUT2D eigenvalue weighted by atomic mass is 10.1. The molecule has 2 aliphatic rings. The molecule has 7 nitrogen and oxygen atoms in total. The van der Waals surface area contributed by atoms with Crippen molar-refractivity contribution >= 4 is 32.6 Å². The van der Waals surface area contributed by atoms with Crippen LogP contribution in [0.15, 0.2) is 60.7 Å². The van der Waals surface area contributed by atoms with Crippen molar-refractivity contribution in [2.75, 3.05) is 37.9 Å². The van der Waals surface area contributed by atoms with Gasteiger partial charge in [-0.25, -0.2) is 4.98 Å². The standard InChI is InChI=1S/C28H25F3N4O3S/c29-28(30,31)21-3-1-2-18(12-21)15-32-26(36)20-5-6-22-25(14-20)39-27(33-22)35-10-8-34(9-11-35)16-19-4-7-23-24(13-19)38-17-37-23/h1-7,12-14H,8-11,15-17H2,(H,32,36). The number of rotatable bonds is 6. The lowest BCUT2D eigenvalue weighted by Crippen LogP contribution is -2.45. The van der Waals surface area contributed by atoms with E-state index in [1.807, 2.05) is 18.2 Å². The average molecular weight is 555 g/mol. The molecule has 1 N–H and O–H groups in total. The van der Waals surface area contributed by atoms with Crippen LogP contribution in [0.3, 0.4) is 0 Å². The van der Waals surface area contributed by atoms with Gasteiger partial charge in [-0.15, -0.1) is 0 Å². The van der Waals surface area contributed by atoms with Crippen molar-refractivity contribution in [2.45, 2.75) is 19.3 Å². The van der Waals surface area contributed by atoms with Gasteiger partial charge in [0, 0.05) is 44.8 Å². The third-order valence-electron chi connectivity index (χ3n) is 6.83. The van der Waals surface area contributed by atoms with E-state index in [4.69, 9.17) is 14.5 Å². The van der Waals surface area contributed by atoms with E-state index in [0.717, 1.165) is 71.7 Å². The second-order valence-corrected chi connectivity index (χ2v) is 10.5. The molecule has 2 aliphatic heterocycles. The molecule has 0 saturated carbocycles. The molecule has 0 aliphatic carbocycles. The van der Waals surface area contributed by atoms with Crippen LogP contribution in [0.2, 0.25) is 0 Å². The number of ether oxygens (including phenoxy) is 2. The summed E-state index contributed by atoms with van der Waals surface area (Å²) in [7, 11) is 0. The van der Waals surface area contributed by atoms with Crippen LogP contribution in [0.5, 0.6) is 11.5 Å². The molecule has 1 saturated heterocycles. The normalized spacial score (nSPS) is 15.6. The van der Waals surface area contributed by atoms with E-state index in [2.05, 4.69) is 21.2 Å². The first kappa shape index (κ1) is 25.4. The number of benzene rings is 3. The van der Waals surface area contributed by atoms with Crippen molar-refractivity contribution in [3.63, 3.8) is 0 Å². The summed E-state index contributed by atoms with van der Waals surface area (Å²) in [6, 6.07) is 16.3. The van der Waals surface area contributed by atoms with Crippen LogP contribution in [0.25, 0.3) is 10.2 Å². The number of piperazine rings is 1. The highest BCUT2D eigenvalue weighted by atomic mass is 32.1. The topological polar surface area (TPSA) is 66.9 Å². The molecular formula is C28H25F3N4O3S. The zero-order valence-electron chi connectivity index (χ0n) is 20.8. The minimum atomic E-state index is -4.42. The van der Waals surface area contributed by atoms with Crippen molar-refractivity contribution in [3.8, 4) is 11.5 Å². The number of amides is 1. The maximum Gasteiger partial charge on any atom is 0.416 e. The zero-order valence-corrected chi connectivity index (χ0v) is 21.6. The minimum Gasteiger partial charge on any atom is -0.454 e. The van der Waals surface area contributed by atoms with Gasteiger partial charge in [0.1, 0.15) is 0 Å². The molecule has 3 aromatic carbocycles. The monoisotopic (exact) mass is 554 g/mol. The lowest BCUT2D eigenvalue weighted by molar-refractivity contribution is -0.137. The highest BCUT2D eigenvalue weighted by Gasteiger charge is 2.30. The molecule has 1 fully saturated rings. The van der Waals surface area contributed by atoms with Crippen molar-refractivity contribution in [2.24, 2.45) is 0 Å². The first-order valence-corrected chi connectivity index (χ1v) is 13.3. The Hall–Kier alpha value is -3.83. The number of aromatic nitrogens is 1. The molecule has 0 unspecified atom stereocenters. The summed E-state index contributed by atoms with van der Waals surface area (Å²) < 4.78 is 50.6. The highest BCUT2D eigenvalue weighted by Crippen LogP contribution is 2.34. The second kappa shape index (κ2) is 10.4. The Bertz CT molecular complexity index is 1520. The second-order valence-electron chi connectivity index (χ2n) is 9.51. The number of anilines is 1. The van der Waals surface area contributed by atoms with Gasteiger partial charge in [-0.05, 0) is 53.6 Å². The van der Waals surface area contributed by atoms with Crippen LogP contribution >= 0.6 is 11.3 Å². The van der Waals surface area contributed by atoms with Gasteiger partial charge in [0.25, 0.3) is 5.91 Å². The summed E-state index contributed by atoms with van der Waals surface area (Å²) >= 11 is 1.53. The van der Waals surface area contributed by atoms with Gasteiger partial charge < -0.3 is 19.7 Å². The summed E-state index contributed by atoms with van der Waals surface area (Å²) in [6.45, 7) is 4.59. The predicted octanol–water partition coefficient (Wildman–Crippen LogP) is 5.30. The van der Waals surface area contributed by atoms with E-state index < -0.39 is 11.7 Å². The quantitative estimate of drug-likeness (QED) is 0.349. The molecular weight excluding hydrogens is 529 g/mol. The summed E-state index contributed by atoms with van der Waals surface area (Å²) in [4.78, 5) is 22.1. The first-order valence-electron chi connectivity index (χ1n) is 12.5. The summed E-state index contributed by atoms with van der Waals surface area (Å²) in [6.07, 6.45) is -4.42. The van der Waals surface area contributed by atoms with Crippen LogP contribution in [0, 0.1) is 0 Å². The molecule has 1 aromatic heterocycles. The van der Waals surface area contributed by atoms with Crippen LogP contribution in [0.1, 0.15) is 27.0 Å². The fourth-order valence-corrected chi connectivity index (χ4v) is 5.78. The number of nitrogens with zero attached hydrogens (tertiary/aromatic N) is 3. The van der Waals surface area contributed by atoms with Gasteiger partial charge >= 0.3 is 6.18 Å². The number of nitrogens with one attached hydrogen (secondary N) is 1. The Balaban J connectivity index is 1.06. The Labute approximate surface area is 226 Å². The van der Waals surface area contributed by atoms with E-state index in [1.165, 1.54) is 23.0 Å². The molecule has 1 amide bonds. The van der Waals surface area contributed by atoms with Crippen LogP contribution in [-0.4, -0.2) is 48.8 Å². The van der Waals surface area contributed by atoms with E-state index >= 15 is 0 Å². The highest BCUT2D eigenvalue weighted by molar-refractivity contribution is 7.22. The molecule has 4 aromatic rings. The number of hydrogen-bond acceptors (Lipinski definition) is 7. The van der Waals surface area contributed by atoms with Gasteiger partial charge in [-0.1, -0.05) is 29.5 Å². The van der Waals surface area contributed by atoms with Crippen LogP contribution < -0.4 is 19.7 Å². The molecule has 0 bridgehead atoms. The van der Waals surface area contributed by atoms with E-state index in [9.17, 15) is 18.0 Å². The van der Waals surface area contributed by atoms with E-state index in [-0.39, 0.29) is 19.2 Å². The SMILES string of the molecule is O=C(NCc1cccc(C(F)(F)F)c1)c1ccc2nc(N3CCN(Cc4ccc5c(c4)OCO5)CC3)sc2c1. The molecule has 3 heterocycles. The van der Waals surface area contributed by atoms with Crippen molar-refractivity contribution < 1.29 is 27.4 Å². The molecule has 0 radical (unpaired) electrons. The third kappa shape index (κ3) is 5.64. The zero-order chi connectivity index (χ0) is 27.0. The number of alkyl halides is 3. The summed E-state index contributed by atoms with van der Waals surface area (Å²) in [5, 5.41) is 3.63. The molecule has 6 rings (SSSR count). The van der Waals surface area contributed by atoms with Gasteiger partial charge in [-0.2, -0.15) is 13.2 Å². The van der Waals surface area contributed by atoms with Gasteiger partial charge in [0.2, 0.25) is 6.79 Å². The first-order chi connectivity index (χ1) is 18.8. The van der Waals surface area contributed by atoms with Gasteiger partial charge in [0.15, 0.2) is 16.6 Å². The van der Waals surface area contributed by atoms with Crippen LogP contribution in [-0.2, 0) is 19.3 Å². The molecule has 202 valence electrons. The van der Waals surface area contributed by atoms with Crippen molar-refractivity contribution in [1.82, 2.24) is 15.2 Å². The molecule has 11 heteroatoms. The number of halogens is 3. The van der Waals surface area contributed by atoms with Crippen molar-refractivity contribution in [1.29, 1.82) is 0 Å². The number of fused-ring (bicyclic) bond motifs is 2. The fraction of sp³-hybridized carbons (Fsp3) is 0.286.